The van der Waals surface area contributed by atoms with Gasteiger partial charge in [0.15, 0.2) is 0 Å². The van der Waals surface area contributed by atoms with Gasteiger partial charge in [-0.05, 0) is 44.7 Å². The Hall–Kier alpha value is -0.160. The fraction of sp³-hybridized carbons (Fsp3) is 1.00. The van der Waals surface area contributed by atoms with Gasteiger partial charge in [-0.3, -0.25) is 0 Å². The van der Waals surface area contributed by atoms with Gasteiger partial charge in [-0.1, -0.05) is 0 Å². The van der Waals surface area contributed by atoms with Gasteiger partial charge in [0.1, 0.15) is 0 Å². The van der Waals surface area contributed by atoms with Gasteiger partial charge in [0.2, 0.25) is 0 Å². The van der Waals surface area contributed by atoms with E-state index in [9.17, 15) is 0 Å². The molecule has 0 bridgehead atoms. The van der Waals surface area contributed by atoms with Crippen molar-refractivity contribution in [3.05, 3.63) is 0 Å². The SMILES string of the molecule is C1CC2(CCN1)OCCNC2C1CCOCC1. The van der Waals surface area contributed by atoms with E-state index in [4.69, 9.17) is 9.47 Å². The van der Waals surface area contributed by atoms with Crippen LogP contribution in [0.4, 0.5) is 0 Å². The quantitative estimate of drug-likeness (QED) is 0.701. The number of ether oxygens (including phenoxy) is 2. The Balaban J connectivity index is 1.73. The van der Waals surface area contributed by atoms with Gasteiger partial charge in [0, 0.05) is 25.8 Å². The summed E-state index contributed by atoms with van der Waals surface area (Å²) in [5.74, 6) is 0.738. The maximum atomic E-state index is 6.23. The minimum Gasteiger partial charge on any atom is -0.381 e. The van der Waals surface area contributed by atoms with Gasteiger partial charge >= 0.3 is 0 Å². The van der Waals surface area contributed by atoms with Crippen molar-refractivity contribution < 1.29 is 9.47 Å². The van der Waals surface area contributed by atoms with Gasteiger partial charge in [-0.15, -0.1) is 0 Å². The van der Waals surface area contributed by atoms with Crippen LogP contribution in [0.15, 0.2) is 0 Å². The number of nitrogens with one attached hydrogen (secondary N) is 2. The van der Waals surface area contributed by atoms with Crippen molar-refractivity contribution in [2.24, 2.45) is 5.92 Å². The minimum atomic E-state index is 0.103. The van der Waals surface area contributed by atoms with Gasteiger partial charge in [-0.25, -0.2) is 0 Å². The summed E-state index contributed by atoms with van der Waals surface area (Å²) in [6.07, 6.45) is 4.69. The van der Waals surface area contributed by atoms with Crippen LogP contribution in [0.2, 0.25) is 0 Å². The molecule has 3 fully saturated rings. The minimum absolute atomic E-state index is 0.103. The van der Waals surface area contributed by atoms with Crippen molar-refractivity contribution in [2.75, 3.05) is 39.5 Å². The topological polar surface area (TPSA) is 42.5 Å². The third-order valence-corrected chi connectivity index (χ3v) is 4.61. The molecule has 3 aliphatic heterocycles. The molecular formula is C13H24N2O2. The standard InChI is InChI=1S/C13H24N2O2/c1-8-16-9-2-11(1)12-13(17-10-7-15-12)3-5-14-6-4-13/h11-12,14-15H,1-10H2. The molecule has 0 saturated carbocycles. The lowest BCUT2D eigenvalue weighted by atomic mass is 9.75. The summed E-state index contributed by atoms with van der Waals surface area (Å²) >= 11 is 0. The van der Waals surface area contributed by atoms with Crippen LogP contribution in [0.3, 0.4) is 0 Å². The summed E-state index contributed by atoms with van der Waals surface area (Å²) in [5.41, 5.74) is 0.103. The van der Waals surface area contributed by atoms with Gasteiger partial charge in [-0.2, -0.15) is 0 Å². The highest BCUT2D eigenvalue weighted by Gasteiger charge is 2.46. The van der Waals surface area contributed by atoms with E-state index in [1.807, 2.05) is 0 Å². The molecule has 1 unspecified atom stereocenters. The second-order valence-corrected chi connectivity index (χ2v) is 5.54. The Morgan fingerprint density at radius 1 is 0.941 bits per heavy atom. The van der Waals surface area contributed by atoms with E-state index in [0.717, 1.165) is 58.2 Å². The van der Waals surface area contributed by atoms with E-state index in [1.165, 1.54) is 12.8 Å². The molecule has 0 amide bonds. The average Bonchev–Trinajstić information content (AvgIpc) is 2.41. The summed E-state index contributed by atoms with van der Waals surface area (Å²) in [4.78, 5) is 0. The van der Waals surface area contributed by atoms with Crippen LogP contribution in [0.1, 0.15) is 25.7 Å². The molecule has 3 aliphatic rings. The van der Waals surface area contributed by atoms with Crippen LogP contribution in [-0.2, 0) is 9.47 Å². The first-order valence-electron chi connectivity index (χ1n) is 7.07. The predicted molar refractivity (Wildman–Crippen MR) is 66.1 cm³/mol. The molecule has 2 N–H and O–H groups in total. The molecule has 0 aliphatic carbocycles. The zero-order valence-corrected chi connectivity index (χ0v) is 10.5. The highest BCUT2D eigenvalue weighted by atomic mass is 16.5. The monoisotopic (exact) mass is 240 g/mol. The fourth-order valence-corrected chi connectivity index (χ4v) is 3.70. The van der Waals surface area contributed by atoms with E-state index in [2.05, 4.69) is 10.6 Å². The molecule has 0 aromatic heterocycles. The van der Waals surface area contributed by atoms with Gasteiger partial charge < -0.3 is 20.1 Å². The van der Waals surface area contributed by atoms with E-state index in [1.54, 1.807) is 0 Å². The largest absolute Gasteiger partial charge is 0.381 e. The lowest BCUT2D eigenvalue weighted by molar-refractivity contribution is -0.134. The number of hydrogen-bond acceptors (Lipinski definition) is 4. The summed E-state index contributed by atoms with van der Waals surface area (Å²) in [7, 11) is 0. The van der Waals surface area contributed by atoms with Crippen molar-refractivity contribution in [1.29, 1.82) is 0 Å². The Morgan fingerprint density at radius 2 is 1.71 bits per heavy atom. The summed E-state index contributed by atoms with van der Waals surface area (Å²) in [6, 6.07) is 0.544. The second-order valence-electron chi connectivity index (χ2n) is 5.54. The molecule has 98 valence electrons. The third kappa shape index (κ3) is 2.36. The highest BCUT2D eigenvalue weighted by Crippen LogP contribution is 2.36. The molecule has 0 radical (unpaired) electrons. The lowest BCUT2D eigenvalue weighted by Gasteiger charge is -2.50. The number of hydrogen-bond donors (Lipinski definition) is 2. The molecule has 4 heteroatoms. The van der Waals surface area contributed by atoms with E-state index in [0.29, 0.717) is 6.04 Å². The van der Waals surface area contributed by atoms with Crippen molar-refractivity contribution >= 4 is 0 Å². The molecule has 0 aromatic carbocycles. The Kier molecular flexibility index (Phi) is 3.66. The van der Waals surface area contributed by atoms with Crippen LogP contribution in [0, 0.1) is 5.92 Å². The smallest absolute Gasteiger partial charge is 0.0862 e. The normalized spacial score (nSPS) is 34.9. The highest BCUT2D eigenvalue weighted by molar-refractivity contribution is 5.02. The zero-order valence-electron chi connectivity index (χ0n) is 10.5. The first kappa shape index (κ1) is 11.9. The second kappa shape index (κ2) is 5.22. The van der Waals surface area contributed by atoms with Crippen molar-refractivity contribution in [3.63, 3.8) is 0 Å². The van der Waals surface area contributed by atoms with Crippen molar-refractivity contribution in [3.8, 4) is 0 Å². The summed E-state index contributed by atoms with van der Waals surface area (Å²) in [5, 5.41) is 7.19. The van der Waals surface area contributed by atoms with E-state index < -0.39 is 0 Å². The maximum absolute atomic E-state index is 6.23. The maximum Gasteiger partial charge on any atom is 0.0862 e. The third-order valence-electron chi connectivity index (χ3n) is 4.61. The molecule has 3 saturated heterocycles. The molecule has 1 spiro atoms. The van der Waals surface area contributed by atoms with Crippen LogP contribution in [-0.4, -0.2) is 51.1 Å². The number of morpholine rings is 1. The zero-order chi connectivity index (χ0) is 11.6. The number of rotatable bonds is 1. The Labute approximate surface area is 103 Å². The van der Waals surface area contributed by atoms with Gasteiger partial charge in [0.25, 0.3) is 0 Å². The number of piperidine rings is 1. The molecule has 1 atom stereocenters. The van der Waals surface area contributed by atoms with Crippen LogP contribution in [0.5, 0.6) is 0 Å². The van der Waals surface area contributed by atoms with E-state index in [-0.39, 0.29) is 5.60 Å². The summed E-state index contributed by atoms with van der Waals surface area (Å²) < 4.78 is 11.7. The Bertz CT molecular complexity index is 240. The van der Waals surface area contributed by atoms with Crippen LogP contribution in [0.25, 0.3) is 0 Å². The van der Waals surface area contributed by atoms with Crippen molar-refractivity contribution in [1.82, 2.24) is 10.6 Å². The summed E-state index contributed by atoms with van der Waals surface area (Å²) in [6.45, 7) is 5.94. The fourth-order valence-electron chi connectivity index (χ4n) is 3.70. The predicted octanol–water partition coefficient (Wildman–Crippen LogP) is 0.524. The Morgan fingerprint density at radius 3 is 2.47 bits per heavy atom. The molecular weight excluding hydrogens is 216 g/mol. The lowest BCUT2D eigenvalue weighted by Crippen LogP contribution is -2.64. The molecule has 3 heterocycles. The molecule has 4 nitrogen and oxygen atoms in total. The molecule has 17 heavy (non-hydrogen) atoms. The van der Waals surface area contributed by atoms with Gasteiger partial charge in [0.05, 0.1) is 12.2 Å². The first-order chi connectivity index (χ1) is 8.41. The van der Waals surface area contributed by atoms with Crippen LogP contribution < -0.4 is 10.6 Å². The van der Waals surface area contributed by atoms with Crippen LogP contribution >= 0.6 is 0 Å². The molecule has 0 aromatic rings. The molecule has 3 rings (SSSR count). The van der Waals surface area contributed by atoms with E-state index >= 15 is 0 Å². The van der Waals surface area contributed by atoms with Crippen molar-refractivity contribution in [2.45, 2.75) is 37.3 Å². The average molecular weight is 240 g/mol. The first-order valence-corrected chi connectivity index (χ1v) is 7.07.